The Balaban J connectivity index is 1.83. The molecule has 2 aromatic carbocycles. The summed E-state index contributed by atoms with van der Waals surface area (Å²) >= 11 is 5.99. The predicted octanol–water partition coefficient (Wildman–Crippen LogP) is 4.48. The van der Waals surface area contributed by atoms with Crippen LogP contribution in [0.15, 0.2) is 48.5 Å². The molecule has 1 amide bonds. The number of carbonyl (C=O) groups excluding carboxylic acids is 1. The average Bonchev–Trinajstić information content (AvgIpc) is 3.27. The maximum Gasteiger partial charge on any atom is 0.227 e. The molecule has 1 N–H and O–H groups in total. The number of nitrogens with one attached hydrogen (secondary N) is 1. The Morgan fingerprint density at radius 1 is 1.15 bits per heavy atom. The van der Waals surface area contributed by atoms with Gasteiger partial charge in [0.05, 0.1) is 5.69 Å². The number of carbonyl (C=O) groups is 1. The molecule has 0 atom stereocenters. The third-order valence-electron chi connectivity index (χ3n) is 3.12. The summed E-state index contributed by atoms with van der Waals surface area (Å²) in [6, 6.07) is 14.7. The van der Waals surface area contributed by atoms with Crippen molar-refractivity contribution in [3.63, 3.8) is 0 Å². The Hall–Kier alpha value is -2.00. The summed E-state index contributed by atoms with van der Waals surface area (Å²) in [6.45, 7) is 0. The third kappa shape index (κ3) is 3.11. The van der Waals surface area contributed by atoms with E-state index in [1.165, 1.54) is 0 Å². The molecule has 0 aromatic heterocycles. The molecule has 0 unspecified atom stereocenters. The summed E-state index contributed by atoms with van der Waals surface area (Å²) in [6.07, 6.45) is 1.92. The van der Waals surface area contributed by atoms with E-state index in [-0.39, 0.29) is 11.8 Å². The summed E-state index contributed by atoms with van der Waals surface area (Å²) in [5.74, 6) is 1.48. The maximum absolute atomic E-state index is 11.9. The smallest absolute Gasteiger partial charge is 0.227 e. The van der Waals surface area contributed by atoms with Gasteiger partial charge < -0.3 is 10.1 Å². The summed E-state index contributed by atoms with van der Waals surface area (Å²) in [5.41, 5.74) is 0.609. The standard InChI is InChI=1S/C16H14ClNO2/c17-12-8-9-15(20-13-4-2-1-3-5-13)14(10-12)18-16(19)11-6-7-11/h1-5,8-11H,6-7H2,(H,18,19). The molecule has 1 aliphatic carbocycles. The number of amides is 1. The molecule has 20 heavy (non-hydrogen) atoms. The molecule has 1 fully saturated rings. The average molecular weight is 288 g/mol. The first-order valence-corrected chi connectivity index (χ1v) is 6.93. The summed E-state index contributed by atoms with van der Waals surface area (Å²) in [7, 11) is 0. The molecular weight excluding hydrogens is 274 g/mol. The van der Waals surface area contributed by atoms with E-state index in [9.17, 15) is 4.79 Å². The quantitative estimate of drug-likeness (QED) is 0.900. The number of para-hydroxylation sites is 1. The number of anilines is 1. The Morgan fingerprint density at radius 2 is 1.90 bits per heavy atom. The van der Waals surface area contributed by atoms with Crippen molar-refractivity contribution in [2.75, 3.05) is 5.32 Å². The highest BCUT2D eigenvalue weighted by atomic mass is 35.5. The van der Waals surface area contributed by atoms with Crippen LogP contribution in [0.1, 0.15) is 12.8 Å². The van der Waals surface area contributed by atoms with Gasteiger partial charge in [0.25, 0.3) is 0 Å². The molecule has 1 aliphatic rings. The minimum absolute atomic E-state index is 0.0326. The number of benzene rings is 2. The zero-order valence-electron chi connectivity index (χ0n) is 10.8. The monoisotopic (exact) mass is 287 g/mol. The highest BCUT2D eigenvalue weighted by Crippen LogP contribution is 2.35. The zero-order valence-corrected chi connectivity index (χ0v) is 11.6. The van der Waals surface area contributed by atoms with Crippen LogP contribution in [0.4, 0.5) is 5.69 Å². The molecule has 0 spiro atoms. The van der Waals surface area contributed by atoms with Crippen LogP contribution in [0.2, 0.25) is 5.02 Å². The number of hydrogen-bond donors (Lipinski definition) is 1. The number of ether oxygens (including phenoxy) is 1. The van der Waals surface area contributed by atoms with Crippen LogP contribution in [0, 0.1) is 5.92 Å². The van der Waals surface area contributed by atoms with Crippen molar-refractivity contribution in [3.05, 3.63) is 53.6 Å². The van der Waals surface area contributed by atoms with Crippen molar-refractivity contribution >= 4 is 23.2 Å². The first-order valence-electron chi connectivity index (χ1n) is 6.56. The van der Waals surface area contributed by atoms with E-state index >= 15 is 0 Å². The molecule has 0 aliphatic heterocycles. The van der Waals surface area contributed by atoms with Crippen molar-refractivity contribution in [2.45, 2.75) is 12.8 Å². The second-order valence-corrected chi connectivity index (χ2v) is 5.26. The third-order valence-corrected chi connectivity index (χ3v) is 3.35. The largest absolute Gasteiger partial charge is 0.455 e. The minimum Gasteiger partial charge on any atom is -0.455 e. The lowest BCUT2D eigenvalue weighted by atomic mass is 10.2. The van der Waals surface area contributed by atoms with Crippen molar-refractivity contribution in [1.29, 1.82) is 0 Å². The Labute approximate surface area is 122 Å². The van der Waals surface area contributed by atoms with Crippen molar-refractivity contribution in [3.8, 4) is 11.5 Å². The first kappa shape index (κ1) is 13.0. The van der Waals surface area contributed by atoms with Gasteiger partial charge in [-0.05, 0) is 43.2 Å². The lowest BCUT2D eigenvalue weighted by Crippen LogP contribution is -2.13. The lowest BCUT2D eigenvalue weighted by Gasteiger charge is -2.12. The molecule has 3 rings (SSSR count). The molecule has 0 heterocycles. The molecule has 0 bridgehead atoms. The van der Waals surface area contributed by atoms with Crippen LogP contribution in [0.25, 0.3) is 0 Å². The Kier molecular flexibility index (Phi) is 3.61. The van der Waals surface area contributed by atoms with E-state index in [4.69, 9.17) is 16.3 Å². The van der Waals surface area contributed by atoms with Gasteiger partial charge in [0.15, 0.2) is 5.75 Å². The van der Waals surface area contributed by atoms with Crippen LogP contribution < -0.4 is 10.1 Å². The SMILES string of the molecule is O=C(Nc1cc(Cl)ccc1Oc1ccccc1)C1CC1. The second kappa shape index (κ2) is 5.55. The molecule has 1 saturated carbocycles. The van der Waals surface area contributed by atoms with Crippen LogP contribution in [0.3, 0.4) is 0 Å². The predicted molar refractivity (Wildman–Crippen MR) is 79.3 cm³/mol. The Morgan fingerprint density at radius 3 is 2.60 bits per heavy atom. The van der Waals surface area contributed by atoms with Gasteiger partial charge in [0, 0.05) is 10.9 Å². The second-order valence-electron chi connectivity index (χ2n) is 4.82. The summed E-state index contributed by atoms with van der Waals surface area (Å²) < 4.78 is 5.79. The van der Waals surface area contributed by atoms with E-state index in [0.717, 1.165) is 18.6 Å². The van der Waals surface area contributed by atoms with E-state index < -0.39 is 0 Å². The van der Waals surface area contributed by atoms with Crippen molar-refractivity contribution in [1.82, 2.24) is 0 Å². The number of rotatable bonds is 4. The molecule has 0 radical (unpaired) electrons. The van der Waals surface area contributed by atoms with Crippen LogP contribution >= 0.6 is 11.6 Å². The van der Waals surface area contributed by atoms with Crippen molar-refractivity contribution in [2.24, 2.45) is 5.92 Å². The van der Waals surface area contributed by atoms with Gasteiger partial charge >= 0.3 is 0 Å². The van der Waals surface area contributed by atoms with E-state index in [0.29, 0.717) is 16.5 Å². The fourth-order valence-corrected chi connectivity index (χ4v) is 2.06. The minimum atomic E-state index is 0.0326. The lowest BCUT2D eigenvalue weighted by molar-refractivity contribution is -0.117. The van der Waals surface area contributed by atoms with Gasteiger partial charge in [0.1, 0.15) is 5.75 Å². The van der Waals surface area contributed by atoms with Gasteiger partial charge in [-0.15, -0.1) is 0 Å². The van der Waals surface area contributed by atoms with Gasteiger partial charge in [-0.25, -0.2) is 0 Å². The molecule has 4 heteroatoms. The van der Waals surface area contributed by atoms with Crippen molar-refractivity contribution < 1.29 is 9.53 Å². The fraction of sp³-hybridized carbons (Fsp3) is 0.188. The van der Waals surface area contributed by atoms with Gasteiger partial charge in [-0.3, -0.25) is 4.79 Å². The fourth-order valence-electron chi connectivity index (χ4n) is 1.88. The number of hydrogen-bond acceptors (Lipinski definition) is 2. The topological polar surface area (TPSA) is 38.3 Å². The number of halogens is 1. The van der Waals surface area contributed by atoms with Gasteiger partial charge in [-0.1, -0.05) is 29.8 Å². The molecule has 3 nitrogen and oxygen atoms in total. The molecular formula is C16H14ClNO2. The molecule has 0 saturated heterocycles. The normalized spacial score (nSPS) is 13.8. The maximum atomic E-state index is 11.9. The van der Waals surface area contributed by atoms with Gasteiger partial charge in [-0.2, -0.15) is 0 Å². The van der Waals surface area contributed by atoms with E-state index in [2.05, 4.69) is 5.32 Å². The van der Waals surface area contributed by atoms with Crippen LogP contribution in [-0.4, -0.2) is 5.91 Å². The van der Waals surface area contributed by atoms with E-state index in [1.54, 1.807) is 18.2 Å². The highest BCUT2D eigenvalue weighted by Gasteiger charge is 2.30. The van der Waals surface area contributed by atoms with E-state index in [1.807, 2.05) is 30.3 Å². The van der Waals surface area contributed by atoms with Crippen LogP contribution in [0.5, 0.6) is 11.5 Å². The Bertz CT molecular complexity index is 624. The first-order chi connectivity index (χ1) is 9.72. The van der Waals surface area contributed by atoms with Gasteiger partial charge in [0.2, 0.25) is 5.91 Å². The highest BCUT2D eigenvalue weighted by molar-refractivity contribution is 6.31. The zero-order chi connectivity index (χ0) is 13.9. The molecule has 102 valence electrons. The summed E-state index contributed by atoms with van der Waals surface area (Å²) in [5, 5.41) is 3.45. The molecule has 2 aromatic rings. The summed E-state index contributed by atoms with van der Waals surface area (Å²) in [4.78, 5) is 11.9. The van der Waals surface area contributed by atoms with Crippen LogP contribution in [-0.2, 0) is 4.79 Å².